The first kappa shape index (κ1) is 24.1. The Morgan fingerprint density at radius 3 is 2.34 bits per heavy atom. The summed E-state index contributed by atoms with van der Waals surface area (Å²) in [5.74, 6) is 0.259. The van der Waals surface area contributed by atoms with Gasteiger partial charge in [0.1, 0.15) is 17.4 Å². The van der Waals surface area contributed by atoms with E-state index in [0.29, 0.717) is 41.2 Å². The van der Waals surface area contributed by atoms with Crippen molar-refractivity contribution in [2.24, 2.45) is 5.92 Å². The van der Waals surface area contributed by atoms with Crippen molar-refractivity contribution in [2.75, 3.05) is 21.3 Å². The fourth-order valence-corrected chi connectivity index (χ4v) is 4.22. The molecule has 176 valence electrons. The molecule has 0 spiro atoms. The Morgan fingerprint density at radius 2 is 1.69 bits per heavy atom. The highest BCUT2D eigenvalue weighted by molar-refractivity contribution is 5.98. The minimum absolute atomic E-state index is 0.0899. The second-order valence-corrected chi connectivity index (χ2v) is 8.62. The molecule has 2 aliphatic rings. The Bertz CT molecular complexity index is 887. The van der Waals surface area contributed by atoms with Gasteiger partial charge in [-0.3, -0.25) is 0 Å². The van der Waals surface area contributed by atoms with Crippen LogP contribution in [0.4, 0.5) is 0 Å². The molecule has 32 heavy (non-hydrogen) atoms. The van der Waals surface area contributed by atoms with Crippen molar-refractivity contribution in [2.45, 2.75) is 64.6 Å². The molecule has 0 radical (unpaired) electrons. The largest absolute Gasteiger partial charge is 0.496 e. The van der Waals surface area contributed by atoms with Crippen LogP contribution in [0.15, 0.2) is 24.3 Å². The van der Waals surface area contributed by atoms with E-state index in [1.54, 1.807) is 13.2 Å². The van der Waals surface area contributed by atoms with Crippen LogP contribution in [0.25, 0.3) is 6.08 Å². The number of esters is 1. The van der Waals surface area contributed by atoms with Crippen LogP contribution in [0, 0.1) is 5.92 Å². The summed E-state index contributed by atoms with van der Waals surface area (Å²) in [4.78, 5) is 13.2. The van der Waals surface area contributed by atoms with Crippen LogP contribution in [0.2, 0.25) is 0 Å². The second kappa shape index (κ2) is 9.96. The van der Waals surface area contributed by atoms with E-state index >= 15 is 0 Å². The third-order valence-corrected chi connectivity index (χ3v) is 5.70. The van der Waals surface area contributed by atoms with Crippen molar-refractivity contribution < 1.29 is 33.2 Å². The van der Waals surface area contributed by atoms with E-state index in [-0.39, 0.29) is 24.2 Å². The highest BCUT2D eigenvalue weighted by Crippen LogP contribution is 2.41. The van der Waals surface area contributed by atoms with Gasteiger partial charge < -0.3 is 28.4 Å². The fraction of sp³-hybridized carbons (Fsp3) is 0.560. The topological polar surface area (TPSA) is 72.5 Å². The first-order chi connectivity index (χ1) is 15.2. The molecule has 0 N–H and O–H groups in total. The number of hydrogen-bond donors (Lipinski definition) is 0. The Labute approximate surface area is 190 Å². The van der Waals surface area contributed by atoms with Crippen LogP contribution >= 0.6 is 0 Å². The van der Waals surface area contributed by atoms with Crippen LogP contribution in [-0.2, 0) is 14.2 Å². The van der Waals surface area contributed by atoms with E-state index in [1.165, 1.54) is 14.2 Å². The average molecular weight is 447 g/mol. The predicted octanol–water partition coefficient (Wildman–Crippen LogP) is 4.78. The van der Waals surface area contributed by atoms with Gasteiger partial charge in [-0.2, -0.15) is 0 Å². The predicted molar refractivity (Wildman–Crippen MR) is 121 cm³/mol. The lowest BCUT2D eigenvalue weighted by molar-refractivity contribution is -0.148. The van der Waals surface area contributed by atoms with Crippen LogP contribution in [0.3, 0.4) is 0 Å². The lowest BCUT2D eigenvalue weighted by atomic mass is 9.96. The van der Waals surface area contributed by atoms with Gasteiger partial charge in [0.2, 0.25) is 0 Å². The third-order valence-electron chi connectivity index (χ3n) is 5.70. The monoisotopic (exact) mass is 446 g/mol. The van der Waals surface area contributed by atoms with Crippen molar-refractivity contribution in [3.63, 3.8) is 0 Å². The third kappa shape index (κ3) is 5.10. The van der Waals surface area contributed by atoms with Gasteiger partial charge in [0, 0.05) is 24.0 Å². The van der Waals surface area contributed by atoms with Crippen LogP contribution in [-0.4, -0.2) is 51.4 Å². The molecular formula is C25H34O7. The maximum Gasteiger partial charge on any atom is 0.342 e. The van der Waals surface area contributed by atoms with Gasteiger partial charge in [-0.05, 0) is 27.2 Å². The Hall–Kier alpha value is -2.51. The van der Waals surface area contributed by atoms with E-state index in [1.807, 2.05) is 39.0 Å². The Morgan fingerprint density at radius 1 is 0.969 bits per heavy atom. The van der Waals surface area contributed by atoms with Gasteiger partial charge >= 0.3 is 5.97 Å². The van der Waals surface area contributed by atoms with Crippen LogP contribution in [0.1, 0.15) is 56.5 Å². The average Bonchev–Trinajstić information content (AvgIpc) is 3.06. The smallest absolute Gasteiger partial charge is 0.342 e. The van der Waals surface area contributed by atoms with Gasteiger partial charge in [0.15, 0.2) is 17.3 Å². The highest BCUT2D eigenvalue weighted by Gasteiger charge is 2.42. The normalized spacial score (nSPS) is 29.7. The number of benzene rings is 1. The van der Waals surface area contributed by atoms with Crippen molar-refractivity contribution in [1.82, 2.24) is 0 Å². The van der Waals surface area contributed by atoms with Gasteiger partial charge in [-0.25, -0.2) is 4.79 Å². The summed E-state index contributed by atoms with van der Waals surface area (Å²) in [6, 6.07) is 1.63. The fourth-order valence-electron chi connectivity index (χ4n) is 4.22. The summed E-state index contributed by atoms with van der Waals surface area (Å²) in [6.45, 7) is 7.83. The maximum atomic E-state index is 13.2. The van der Waals surface area contributed by atoms with Crippen molar-refractivity contribution in [1.29, 1.82) is 0 Å². The quantitative estimate of drug-likeness (QED) is 0.489. The minimum Gasteiger partial charge on any atom is -0.496 e. The molecule has 1 unspecified atom stereocenters. The van der Waals surface area contributed by atoms with Crippen LogP contribution < -0.4 is 14.2 Å². The van der Waals surface area contributed by atoms with Gasteiger partial charge in [-0.15, -0.1) is 0 Å². The van der Waals surface area contributed by atoms with Crippen molar-refractivity contribution in [3.05, 3.63) is 35.4 Å². The molecule has 0 bridgehead atoms. The molecular weight excluding hydrogens is 412 g/mol. The molecule has 1 saturated heterocycles. The molecule has 4 atom stereocenters. The number of hydrogen-bond acceptors (Lipinski definition) is 7. The van der Waals surface area contributed by atoms with Gasteiger partial charge in [-0.1, -0.05) is 31.2 Å². The van der Waals surface area contributed by atoms with E-state index in [4.69, 9.17) is 28.4 Å². The molecule has 0 amide bonds. The zero-order valence-corrected chi connectivity index (χ0v) is 20.0. The zero-order valence-electron chi connectivity index (χ0n) is 20.0. The second-order valence-electron chi connectivity index (χ2n) is 8.62. The summed E-state index contributed by atoms with van der Waals surface area (Å²) >= 11 is 0. The molecule has 7 heteroatoms. The number of carbonyl (C=O) groups excluding carboxylic acids is 1. The molecule has 1 fully saturated rings. The Kier molecular flexibility index (Phi) is 7.51. The maximum absolute atomic E-state index is 13.2. The SMILES string of the molecule is COc1cc(OC)c2c(c1OC)/C=C/C[C@H]1OC(C)(C)O[C@@H]1C(C)/C=C\C[C@H](C)OC2=O. The first-order valence-corrected chi connectivity index (χ1v) is 10.9. The van der Waals surface area contributed by atoms with E-state index < -0.39 is 11.8 Å². The van der Waals surface area contributed by atoms with Crippen LogP contribution in [0.5, 0.6) is 17.2 Å². The number of methoxy groups -OCH3 is 3. The minimum atomic E-state index is -0.659. The standard InChI is InChI=1S/C25H34O7/c1-15-10-8-11-16(2)30-24(26)21-17(23(29-7)20(28-6)14-19(21)27-5)12-9-13-18-22(15)32-25(3,4)31-18/h8-10,12,14-16,18,22H,11,13H2,1-7H3/b10-8-,12-9+/t15?,16-,18+,22+/m0/s1. The summed E-state index contributed by atoms with van der Waals surface area (Å²) in [7, 11) is 4.59. The lowest BCUT2D eigenvalue weighted by Crippen LogP contribution is -2.28. The summed E-state index contributed by atoms with van der Waals surface area (Å²) in [5.41, 5.74) is 0.833. The first-order valence-electron chi connectivity index (χ1n) is 10.9. The number of carbonyl (C=O) groups is 1. The molecule has 0 aliphatic carbocycles. The zero-order chi connectivity index (χ0) is 23.5. The summed E-state index contributed by atoms with van der Waals surface area (Å²) < 4.78 is 34.7. The Balaban J connectivity index is 2.11. The summed E-state index contributed by atoms with van der Waals surface area (Å²) in [6.07, 6.45) is 8.57. The van der Waals surface area contributed by atoms with E-state index in [9.17, 15) is 4.79 Å². The molecule has 1 aromatic rings. The van der Waals surface area contributed by atoms with Crippen molar-refractivity contribution >= 4 is 12.0 Å². The van der Waals surface area contributed by atoms with Gasteiger partial charge in [0.05, 0.1) is 33.5 Å². The highest BCUT2D eigenvalue weighted by atomic mass is 16.8. The molecule has 0 saturated carbocycles. The number of ether oxygens (including phenoxy) is 6. The molecule has 0 aromatic heterocycles. The number of cyclic esters (lactones) is 1. The van der Waals surface area contributed by atoms with Gasteiger partial charge in [0.25, 0.3) is 0 Å². The number of fused-ring (bicyclic) bond motifs is 2. The van der Waals surface area contributed by atoms with Crippen molar-refractivity contribution in [3.8, 4) is 17.2 Å². The molecule has 3 rings (SSSR count). The molecule has 7 nitrogen and oxygen atoms in total. The van der Waals surface area contributed by atoms with E-state index in [0.717, 1.165) is 0 Å². The number of rotatable bonds is 3. The molecule has 1 aromatic carbocycles. The van der Waals surface area contributed by atoms with E-state index in [2.05, 4.69) is 13.0 Å². The summed E-state index contributed by atoms with van der Waals surface area (Å²) in [5, 5.41) is 0. The molecule has 2 heterocycles. The lowest BCUT2D eigenvalue weighted by Gasteiger charge is -2.22. The molecule has 2 aliphatic heterocycles.